The van der Waals surface area contributed by atoms with Crippen molar-refractivity contribution in [3.05, 3.63) is 34.4 Å². The second-order valence-electron chi connectivity index (χ2n) is 5.67. The monoisotopic (exact) mass is 246 g/mol. The molecule has 1 saturated heterocycles. The first-order valence-electron chi connectivity index (χ1n) is 7.06. The predicted molar refractivity (Wildman–Crippen MR) is 78.3 cm³/mol. The van der Waals surface area contributed by atoms with Gasteiger partial charge in [-0.3, -0.25) is 0 Å². The molecule has 100 valence electrons. The summed E-state index contributed by atoms with van der Waals surface area (Å²) in [5.74, 6) is 0. The highest BCUT2D eigenvalue weighted by Gasteiger charge is 2.18. The van der Waals surface area contributed by atoms with Crippen LogP contribution in [-0.4, -0.2) is 37.6 Å². The van der Waals surface area contributed by atoms with E-state index in [0.717, 1.165) is 19.1 Å². The van der Waals surface area contributed by atoms with Crippen molar-refractivity contribution in [2.75, 3.05) is 26.7 Å². The summed E-state index contributed by atoms with van der Waals surface area (Å²) in [4.78, 5) is 2.51. The smallest absolute Gasteiger partial charge is 0.0229 e. The topological polar surface area (TPSA) is 15.3 Å². The number of hydrogen-bond acceptors (Lipinski definition) is 2. The molecule has 2 heteroatoms. The Hall–Kier alpha value is -0.860. The first-order valence-corrected chi connectivity index (χ1v) is 7.06. The number of likely N-dealkylation sites (N-methyl/N-ethyl adjacent to an activating group) is 1. The van der Waals surface area contributed by atoms with Crippen molar-refractivity contribution in [2.45, 2.75) is 39.7 Å². The Morgan fingerprint density at radius 3 is 2.67 bits per heavy atom. The molecule has 1 aliphatic heterocycles. The maximum Gasteiger partial charge on any atom is 0.0229 e. The molecule has 0 radical (unpaired) electrons. The molecule has 1 aliphatic rings. The highest BCUT2D eigenvalue weighted by atomic mass is 15.2. The zero-order valence-electron chi connectivity index (χ0n) is 12.2. The maximum absolute atomic E-state index is 3.44. The van der Waals surface area contributed by atoms with E-state index in [1.165, 1.54) is 41.6 Å². The minimum Gasteiger partial charge on any atom is -0.315 e. The van der Waals surface area contributed by atoms with Crippen molar-refractivity contribution >= 4 is 0 Å². The molecule has 0 spiro atoms. The average molecular weight is 246 g/mol. The van der Waals surface area contributed by atoms with Gasteiger partial charge in [0.1, 0.15) is 0 Å². The minimum atomic E-state index is 0.733. The van der Waals surface area contributed by atoms with Crippen molar-refractivity contribution in [2.24, 2.45) is 0 Å². The van der Waals surface area contributed by atoms with Gasteiger partial charge in [-0.2, -0.15) is 0 Å². The maximum atomic E-state index is 3.44. The van der Waals surface area contributed by atoms with Crippen LogP contribution in [0.25, 0.3) is 0 Å². The molecule has 1 aromatic carbocycles. The molecule has 1 atom stereocenters. The lowest BCUT2D eigenvalue weighted by Gasteiger charge is -2.24. The van der Waals surface area contributed by atoms with Crippen molar-refractivity contribution in [1.82, 2.24) is 10.2 Å². The standard InChI is InChI=1S/C16H26N2/c1-12-5-6-15(14(3)13(12)2)8-10-18(4)16-7-9-17-11-16/h5-6,16-17H,7-11H2,1-4H3. The Morgan fingerprint density at radius 2 is 2.00 bits per heavy atom. The fourth-order valence-electron chi connectivity index (χ4n) is 2.78. The third kappa shape index (κ3) is 2.93. The highest BCUT2D eigenvalue weighted by Crippen LogP contribution is 2.18. The molecule has 2 rings (SSSR count). The highest BCUT2D eigenvalue weighted by molar-refractivity contribution is 5.38. The molecule has 0 bridgehead atoms. The number of benzene rings is 1. The van der Waals surface area contributed by atoms with E-state index in [4.69, 9.17) is 0 Å². The summed E-state index contributed by atoms with van der Waals surface area (Å²) in [5.41, 5.74) is 5.85. The Bertz CT molecular complexity index is 406. The third-order valence-electron chi connectivity index (χ3n) is 4.56. The van der Waals surface area contributed by atoms with E-state index in [0.29, 0.717) is 0 Å². The molecule has 0 saturated carbocycles. The van der Waals surface area contributed by atoms with Crippen LogP contribution in [0.1, 0.15) is 28.7 Å². The quantitative estimate of drug-likeness (QED) is 0.878. The Labute approximate surface area is 111 Å². The van der Waals surface area contributed by atoms with Crippen molar-refractivity contribution in [1.29, 1.82) is 0 Å². The lowest BCUT2D eigenvalue weighted by atomic mass is 9.97. The van der Waals surface area contributed by atoms with Gasteiger partial charge >= 0.3 is 0 Å². The lowest BCUT2D eigenvalue weighted by Crippen LogP contribution is -2.34. The van der Waals surface area contributed by atoms with E-state index in [-0.39, 0.29) is 0 Å². The summed E-state index contributed by atoms with van der Waals surface area (Å²) in [7, 11) is 2.26. The molecular formula is C16H26N2. The van der Waals surface area contributed by atoms with E-state index in [2.05, 4.69) is 50.2 Å². The molecule has 1 unspecified atom stereocenters. The van der Waals surface area contributed by atoms with Gasteiger partial charge in [0.15, 0.2) is 0 Å². The van der Waals surface area contributed by atoms with Crippen molar-refractivity contribution in [3.8, 4) is 0 Å². The van der Waals surface area contributed by atoms with Gasteiger partial charge in [-0.25, -0.2) is 0 Å². The zero-order chi connectivity index (χ0) is 13.1. The average Bonchev–Trinajstić information content (AvgIpc) is 2.89. The number of nitrogens with zero attached hydrogens (tertiary/aromatic N) is 1. The van der Waals surface area contributed by atoms with Gasteiger partial charge in [-0.1, -0.05) is 12.1 Å². The molecule has 1 fully saturated rings. The molecule has 1 N–H and O–H groups in total. The van der Waals surface area contributed by atoms with Gasteiger partial charge in [0, 0.05) is 19.1 Å². The summed E-state index contributed by atoms with van der Waals surface area (Å²) in [6, 6.07) is 5.30. The fourth-order valence-corrected chi connectivity index (χ4v) is 2.78. The normalized spacial score (nSPS) is 19.7. The number of aryl methyl sites for hydroxylation is 1. The van der Waals surface area contributed by atoms with Crippen molar-refractivity contribution < 1.29 is 0 Å². The second kappa shape index (κ2) is 5.85. The van der Waals surface area contributed by atoms with Crippen LogP contribution in [0, 0.1) is 20.8 Å². The molecule has 1 heterocycles. The first kappa shape index (κ1) is 13.6. The van der Waals surface area contributed by atoms with E-state index < -0.39 is 0 Å². The third-order valence-corrected chi connectivity index (χ3v) is 4.56. The van der Waals surface area contributed by atoms with Crippen LogP contribution in [0.5, 0.6) is 0 Å². The fraction of sp³-hybridized carbons (Fsp3) is 0.625. The van der Waals surface area contributed by atoms with E-state index in [9.17, 15) is 0 Å². The molecule has 1 aromatic rings. The van der Waals surface area contributed by atoms with Crippen LogP contribution < -0.4 is 5.32 Å². The number of rotatable bonds is 4. The van der Waals surface area contributed by atoms with E-state index >= 15 is 0 Å². The van der Waals surface area contributed by atoms with Crippen LogP contribution in [0.4, 0.5) is 0 Å². The van der Waals surface area contributed by atoms with Crippen LogP contribution >= 0.6 is 0 Å². The number of nitrogens with one attached hydrogen (secondary N) is 1. The predicted octanol–water partition coefficient (Wildman–Crippen LogP) is 2.45. The molecular weight excluding hydrogens is 220 g/mol. The molecule has 0 amide bonds. The van der Waals surface area contributed by atoms with Crippen LogP contribution in [0.15, 0.2) is 12.1 Å². The Balaban J connectivity index is 1.95. The lowest BCUT2D eigenvalue weighted by molar-refractivity contribution is 0.260. The van der Waals surface area contributed by atoms with Crippen molar-refractivity contribution in [3.63, 3.8) is 0 Å². The summed E-state index contributed by atoms with van der Waals surface area (Å²) in [6.07, 6.45) is 2.46. The minimum absolute atomic E-state index is 0.733. The van der Waals surface area contributed by atoms with Crippen LogP contribution in [0.2, 0.25) is 0 Å². The van der Waals surface area contributed by atoms with Gasteiger partial charge in [-0.05, 0) is 69.5 Å². The molecule has 2 nitrogen and oxygen atoms in total. The van der Waals surface area contributed by atoms with Crippen LogP contribution in [-0.2, 0) is 6.42 Å². The second-order valence-corrected chi connectivity index (χ2v) is 5.67. The largest absolute Gasteiger partial charge is 0.315 e. The van der Waals surface area contributed by atoms with Gasteiger partial charge in [0.05, 0.1) is 0 Å². The summed E-state index contributed by atoms with van der Waals surface area (Å²) < 4.78 is 0. The van der Waals surface area contributed by atoms with E-state index in [1.807, 2.05) is 0 Å². The van der Waals surface area contributed by atoms with E-state index in [1.54, 1.807) is 0 Å². The SMILES string of the molecule is Cc1ccc(CCN(C)C2CCNC2)c(C)c1C. The van der Waals surface area contributed by atoms with Gasteiger partial charge in [-0.15, -0.1) is 0 Å². The van der Waals surface area contributed by atoms with Gasteiger partial charge in [0.2, 0.25) is 0 Å². The summed E-state index contributed by atoms with van der Waals surface area (Å²) in [5, 5.41) is 3.44. The molecule has 0 aromatic heterocycles. The Morgan fingerprint density at radius 1 is 1.22 bits per heavy atom. The molecule has 18 heavy (non-hydrogen) atoms. The van der Waals surface area contributed by atoms with Crippen LogP contribution in [0.3, 0.4) is 0 Å². The van der Waals surface area contributed by atoms with Gasteiger partial charge < -0.3 is 10.2 Å². The summed E-state index contributed by atoms with van der Waals surface area (Å²) in [6.45, 7) is 10.2. The zero-order valence-corrected chi connectivity index (χ0v) is 12.2. The Kier molecular flexibility index (Phi) is 4.41. The molecule has 0 aliphatic carbocycles. The summed E-state index contributed by atoms with van der Waals surface area (Å²) >= 11 is 0. The number of hydrogen-bond donors (Lipinski definition) is 1. The first-order chi connectivity index (χ1) is 8.59. The van der Waals surface area contributed by atoms with Gasteiger partial charge in [0.25, 0.3) is 0 Å².